The lowest BCUT2D eigenvalue weighted by molar-refractivity contribution is -0.132. The largest absolute Gasteiger partial charge is 0.342 e. The number of terminal acetylenes is 1. The zero-order valence-corrected chi connectivity index (χ0v) is 11.7. The van der Waals surface area contributed by atoms with Crippen molar-refractivity contribution in [1.29, 1.82) is 0 Å². The molecule has 1 amide bonds. The third kappa shape index (κ3) is 3.49. The van der Waals surface area contributed by atoms with Crippen molar-refractivity contribution in [2.75, 3.05) is 6.54 Å². The molecule has 1 aliphatic carbocycles. The molecule has 0 aromatic rings. The van der Waals surface area contributed by atoms with E-state index in [1.807, 2.05) is 13.8 Å². The molecule has 1 saturated carbocycles. The number of rotatable bonds is 4. The van der Waals surface area contributed by atoms with Gasteiger partial charge in [-0.25, -0.2) is 0 Å². The van der Waals surface area contributed by atoms with Gasteiger partial charge in [-0.1, -0.05) is 45.5 Å². The summed E-state index contributed by atoms with van der Waals surface area (Å²) in [7, 11) is 0. The van der Waals surface area contributed by atoms with Crippen LogP contribution in [-0.2, 0) is 4.79 Å². The van der Waals surface area contributed by atoms with Crippen LogP contribution < -0.4 is 11.1 Å². The molecule has 1 fully saturated rings. The molecule has 3 heteroatoms. The smallest absolute Gasteiger partial charge is 0.228 e. The van der Waals surface area contributed by atoms with Gasteiger partial charge in [0, 0.05) is 6.54 Å². The van der Waals surface area contributed by atoms with Crippen LogP contribution in [0.3, 0.4) is 0 Å². The maximum Gasteiger partial charge on any atom is 0.228 e. The lowest BCUT2D eigenvalue weighted by Gasteiger charge is -2.32. The summed E-state index contributed by atoms with van der Waals surface area (Å²) in [5, 5.41) is 3.00. The first-order chi connectivity index (χ1) is 8.55. The Labute approximate surface area is 111 Å². The fraction of sp³-hybridized carbons (Fsp3) is 0.800. The van der Waals surface area contributed by atoms with Gasteiger partial charge in [0.1, 0.15) is 0 Å². The Kier molecular flexibility index (Phi) is 5.68. The number of nitrogens with one attached hydrogen (secondary N) is 1. The monoisotopic (exact) mass is 250 g/mol. The molecule has 1 unspecified atom stereocenters. The second kappa shape index (κ2) is 6.80. The minimum atomic E-state index is -0.388. The molecule has 0 aliphatic heterocycles. The summed E-state index contributed by atoms with van der Waals surface area (Å²) in [6, 6.07) is -0.191. The summed E-state index contributed by atoms with van der Waals surface area (Å²) in [5.74, 6) is 2.96. The van der Waals surface area contributed by atoms with Crippen molar-refractivity contribution in [3.8, 4) is 12.3 Å². The van der Waals surface area contributed by atoms with E-state index in [9.17, 15) is 4.79 Å². The Morgan fingerprint density at radius 3 is 2.28 bits per heavy atom. The van der Waals surface area contributed by atoms with Crippen LogP contribution in [0.15, 0.2) is 0 Å². The first-order valence-electron chi connectivity index (χ1n) is 7.03. The number of hydrogen-bond acceptors (Lipinski definition) is 2. The van der Waals surface area contributed by atoms with Crippen molar-refractivity contribution in [3.05, 3.63) is 0 Å². The highest BCUT2D eigenvalue weighted by Crippen LogP contribution is 2.34. The van der Waals surface area contributed by atoms with E-state index in [2.05, 4.69) is 11.2 Å². The maximum atomic E-state index is 12.5. The average molecular weight is 250 g/mol. The van der Waals surface area contributed by atoms with Crippen LogP contribution in [0.4, 0.5) is 0 Å². The molecule has 1 rings (SSSR count). The summed E-state index contributed by atoms with van der Waals surface area (Å²) in [5.41, 5.74) is 5.50. The number of hydrogen-bond donors (Lipinski definition) is 2. The van der Waals surface area contributed by atoms with Gasteiger partial charge >= 0.3 is 0 Å². The third-order valence-electron chi connectivity index (χ3n) is 4.07. The summed E-state index contributed by atoms with van der Waals surface area (Å²) >= 11 is 0. The minimum absolute atomic E-state index is 0.0588. The molecule has 3 N–H and O–H groups in total. The highest BCUT2D eigenvalue weighted by atomic mass is 16.2. The normalized spacial score (nSPS) is 20.8. The molecule has 102 valence electrons. The van der Waals surface area contributed by atoms with Gasteiger partial charge in [-0.3, -0.25) is 4.79 Å². The standard InChI is InChI=1S/C15H26N2O/c1-4-13(12(2)3)17-14(18)15(11-16)9-7-5-6-8-10-15/h1,12-13H,5-11,16H2,2-3H3,(H,17,18). The van der Waals surface area contributed by atoms with Crippen LogP contribution in [0, 0.1) is 23.7 Å². The molecule has 18 heavy (non-hydrogen) atoms. The van der Waals surface area contributed by atoms with Crippen LogP contribution >= 0.6 is 0 Å². The SMILES string of the molecule is C#CC(NC(=O)C1(CN)CCCCCC1)C(C)C. The zero-order valence-electron chi connectivity index (χ0n) is 11.7. The fourth-order valence-electron chi connectivity index (χ4n) is 2.62. The Morgan fingerprint density at radius 2 is 1.89 bits per heavy atom. The second-order valence-corrected chi connectivity index (χ2v) is 5.76. The molecule has 1 atom stereocenters. The number of nitrogens with two attached hydrogens (primary N) is 1. The minimum Gasteiger partial charge on any atom is -0.342 e. The van der Waals surface area contributed by atoms with Gasteiger partial charge < -0.3 is 11.1 Å². The molecule has 1 aliphatic rings. The number of carbonyl (C=O) groups excluding carboxylic acids is 1. The van der Waals surface area contributed by atoms with Gasteiger partial charge in [0.05, 0.1) is 11.5 Å². The van der Waals surface area contributed by atoms with Gasteiger partial charge in [-0.05, 0) is 18.8 Å². The van der Waals surface area contributed by atoms with Gasteiger partial charge in [0.15, 0.2) is 0 Å². The quantitative estimate of drug-likeness (QED) is 0.593. The van der Waals surface area contributed by atoms with Crippen LogP contribution in [0.5, 0.6) is 0 Å². The van der Waals surface area contributed by atoms with E-state index in [1.165, 1.54) is 12.8 Å². The van der Waals surface area contributed by atoms with Gasteiger partial charge in [-0.15, -0.1) is 6.42 Å². The summed E-state index contributed by atoms with van der Waals surface area (Å²) in [6.07, 6.45) is 11.9. The number of carbonyl (C=O) groups is 1. The molecule has 0 bridgehead atoms. The Hall–Kier alpha value is -1.01. The van der Waals surface area contributed by atoms with E-state index in [0.717, 1.165) is 25.7 Å². The van der Waals surface area contributed by atoms with E-state index >= 15 is 0 Å². The van der Waals surface area contributed by atoms with Crippen LogP contribution in [-0.4, -0.2) is 18.5 Å². The van der Waals surface area contributed by atoms with Crippen molar-refractivity contribution in [2.45, 2.75) is 58.4 Å². The van der Waals surface area contributed by atoms with E-state index in [1.54, 1.807) is 0 Å². The average Bonchev–Trinajstić information content (AvgIpc) is 2.61. The second-order valence-electron chi connectivity index (χ2n) is 5.76. The zero-order chi connectivity index (χ0) is 13.6. The first kappa shape index (κ1) is 15.0. The molecule has 0 saturated heterocycles. The molecular weight excluding hydrogens is 224 g/mol. The Morgan fingerprint density at radius 1 is 1.33 bits per heavy atom. The summed E-state index contributed by atoms with van der Waals surface area (Å²) in [6.45, 7) is 4.47. The van der Waals surface area contributed by atoms with Crippen molar-refractivity contribution in [1.82, 2.24) is 5.32 Å². The van der Waals surface area contributed by atoms with Gasteiger partial charge in [0.25, 0.3) is 0 Å². The van der Waals surface area contributed by atoms with Crippen molar-refractivity contribution >= 4 is 5.91 Å². The number of amides is 1. The highest BCUT2D eigenvalue weighted by molar-refractivity contribution is 5.83. The van der Waals surface area contributed by atoms with Gasteiger partial charge in [-0.2, -0.15) is 0 Å². The first-order valence-corrected chi connectivity index (χ1v) is 7.03. The van der Waals surface area contributed by atoms with Crippen LogP contribution in [0.2, 0.25) is 0 Å². The lowest BCUT2D eigenvalue weighted by Crippen LogP contribution is -2.50. The predicted molar refractivity (Wildman–Crippen MR) is 74.8 cm³/mol. The molecule has 3 nitrogen and oxygen atoms in total. The Bertz CT molecular complexity index is 309. The summed E-state index contributed by atoms with van der Waals surface area (Å²) < 4.78 is 0. The van der Waals surface area contributed by atoms with E-state index in [-0.39, 0.29) is 23.3 Å². The van der Waals surface area contributed by atoms with Gasteiger partial charge in [0.2, 0.25) is 5.91 Å². The molecule has 0 radical (unpaired) electrons. The predicted octanol–water partition coefficient (Wildman–Crippen LogP) is 2.06. The molecule has 0 aromatic carbocycles. The maximum absolute atomic E-state index is 12.5. The summed E-state index contributed by atoms with van der Waals surface area (Å²) in [4.78, 5) is 12.5. The topological polar surface area (TPSA) is 55.1 Å². The van der Waals surface area contributed by atoms with Crippen LogP contribution in [0.1, 0.15) is 52.4 Å². The highest BCUT2D eigenvalue weighted by Gasteiger charge is 2.38. The van der Waals surface area contributed by atoms with E-state index in [4.69, 9.17) is 12.2 Å². The van der Waals surface area contributed by atoms with Crippen LogP contribution in [0.25, 0.3) is 0 Å². The van der Waals surface area contributed by atoms with E-state index < -0.39 is 0 Å². The fourth-order valence-corrected chi connectivity index (χ4v) is 2.62. The Balaban J connectivity index is 2.75. The van der Waals surface area contributed by atoms with E-state index in [0.29, 0.717) is 6.54 Å². The molecule has 0 heterocycles. The van der Waals surface area contributed by atoms with Crippen molar-refractivity contribution < 1.29 is 4.79 Å². The third-order valence-corrected chi connectivity index (χ3v) is 4.07. The van der Waals surface area contributed by atoms with Crippen molar-refractivity contribution in [3.63, 3.8) is 0 Å². The molecule has 0 aromatic heterocycles. The van der Waals surface area contributed by atoms with Crippen molar-refractivity contribution in [2.24, 2.45) is 17.1 Å². The molecule has 0 spiro atoms. The molecular formula is C15H26N2O. The lowest BCUT2D eigenvalue weighted by atomic mass is 9.79.